The fraction of sp³-hybridized carbons (Fsp3) is 0.200. The maximum absolute atomic E-state index is 10.3. The number of hydrogen-bond donors (Lipinski definition) is 2. The van der Waals surface area contributed by atoms with Crippen LogP contribution in [0, 0.1) is 6.42 Å². The first-order valence-corrected chi connectivity index (χ1v) is 4.68. The number of benzene rings is 1. The molecule has 1 rings (SSSR count). The molecule has 0 aromatic heterocycles. The molecule has 0 fully saturated rings. The Morgan fingerprint density at radius 3 is 2.64 bits per heavy atom. The number of nitrogens with two attached hydrogens (primary N) is 1. The zero-order chi connectivity index (χ0) is 10.4. The van der Waals surface area contributed by atoms with E-state index in [1.165, 1.54) is 0 Å². The number of rotatable bonds is 4. The average Bonchev–Trinajstić information content (AvgIpc) is 2.15. The first-order valence-electron chi connectivity index (χ1n) is 4.30. The lowest BCUT2D eigenvalue weighted by Crippen LogP contribution is -2.30. The number of amides is 2. The minimum atomic E-state index is -0.491. The third-order valence-corrected chi connectivity index (χ3v) is 1.95. The second kappa shape index (κ2) is 5.50. The molecular formula is C10H12ClN2O. The Morgan fingerprint density at radius 1 is 1.43 bits per heavy atom. The molecule has 1 aromatic rings. The van der Waals surface area contributed by atoms with Crippen LogP contribution in [0.2, 0.25) is 5.02 Å². The summed E-state index contributed by atoms with van der Waals surface area (Å²) in [6.07, 6.45) is 2.76. The smallest absolute Gasteiger partial charge is 0.312 e. The largest absolute Gasteiger partial charge is 0.352 e. The van der Waals surface area contributed by atoms with Crippen LogP contribution in [0.4, 0.5) is 4.79 Å². The Morgan fingerprint density at radius 2 is 2.07 bits per heavy atom. The quantitative estimate of drug-likeness (QED) is 0.735. The number of carbonyl (C=O) groups is 1. The first-order chi connectivity index (χ1) is 6.68. The van der Waals surface area contributed by atoms with Crippen molar-refractivity contribution in [2.24, 2.45) is 5.73 Å². The monoisotopic (exact) mass is 211 g/mol. The number of nitrogens with one attached hydrogen (secondary N) is 1. The molecule has 0 heterocycles. The Balaban J connectivity index is 2.25. The second-order valence-electron chi connectivity index (χ2n) is 2.84. The fourth-order valence-corrected chi connectivity index (χ4v) is 1.16. The molecule has 0 spiro atoms. The van der Waals surface area contributed by atoms with Crippen LogP contribution in [-0.2, 0) is 0 Å². The van der Waals surface area contributed by atoms with E-state index in [4.69, 9.17) is 17.3 Å². The van der Waals surface area contributed by atoms with Gasteiger partial charge in [-0.1, -0.05) is 23.7 Å². The van der Waals surface area contributed by atoms with E-state index in [9.17, 15) is 4.79 Å². The molecule has 75 valence electrons. The van der Waals surface area contributed by atoms with Crippen LogP contribution >= 0.6 is 11.6 Å². The number of hydrogen-bond acceptors (Lipinski definition) is 1. The van der Waals surface area contributed by atoms with Crippen molar-refractivity contribution >= 4 is 17.6 Å². The Labute approximate surface area is 88.2 Å². The zero-order valence-electron chi connectivity index (χ0n) is 7.66. The molecule has 4 heteroatoms. The van der Waals surface area contributed by atoms with Gasteiger partial charge in [0, 0.05) is 11.6 Å². The highest BCUT2D eigenvalue weighted by molar-refractivity contribution is 6.30. The Hall–Kier alpha value is -1.22. The van der Waals surface area contributed by atoms with Gasteiger partial charge in [-0.25, -0.2) is 4.79 Å². The van der Waals surface area contributed by atoms with Crippen molar-refractivity contribution in [3.63, 3.8) is 0 Å². The summed E-state index contributed by atoms with van der Waals surface area (Å²) in [7, 11) is 0. The van der Waals surface area contributed by atoms with Crippen LogP contribution in [0.5, 0.6) is 0 Å². The summed E-state index contributed by atoms with van der Waals surface area (Å²) >= 11 is 5.73. The van der Waals surface area contributed by atoms with Crippen LogP contribution in [0.1, 0.15) is 12.0 Å². The summed E-state index contributed by atoms with van der Waals surface area (Å²) in [5.41, 5.74) is 5.99. The lowest BCUT2D eigenvalue weighted by molar-refractivity contribution is 0.249. The lowest BCUT2D eigenvalue weighted by Gasteiger charge is -2.01. The van der Waals surface area contributed by atoms with Crippen molar-refractivity contribution in [3.8, 4) is 0 Å². The summed E-state index contributed by atoms with van der Waals surface area (Å²) in [4.78, 5) is 10.3. The maximum Gasteiger partial charge on any atom is 0.312 e. The van der Waals surface area contributed by atoms with Crippen molar-refractivity contribution in [1.82, 2.24) is 5.32 Å². The molecule has 1 aromatic carbocycles. The van der Waals surface area contributed by atoms with E-state index >= 15 is 0 Å². The molecule has 0 saturated heterocycles. The van der Waals surface area contributed by atoms with Crippen molar-refractivity contribution < 1.29 is 4.79 Å². The predicted octanol–water partition coefficient (Wildman–Crippen LogP) is 1.95. The molecule has 3 nitrogen and oxygen atoms in total. The van der Waals surface area contributed by atoms with E-state index in [2.05, 4.69) is 5.32 Å². The van der Waals surface area contributed by atoms with E-state index in [-0.39, 0.29) is 0 Å². The predicted molar refractivity (Wildman–Crippen MR) is 57.1 cm³/mol. The van der Waals surface area contributed by atoms with Gasteiger partial charge in [-0.2, -0.15) is 0 Å². The van der Waals surface area contributed by atoms with Gasteiger partial charge in [0.2, 0.25) is 0 Å². The maximum atomic E-state index is 10.3. The molecule has 3 N–H and O–H groups in total. The number of halogens is 1. The molecule has 0 aliphatic heterocycles. The third-order valence-electron chi connectivity index (χ3n) is 1.69. The number of carbonyl (C=O) groups excluding carboxylic acids is 1. The van der Waals surface area contributed by atoms with Crippen LogP contribution in [0.25, 0.3) is 0 Å². The van der Waals surface area contributed by atoms with Gasteiger partial charge in [-0.15, -0.1) is 0 Å². The SMILES string of the molecule is NC(=O)NCC[CH]c1ccc(Cl)cc1. The summed E-state index contributed by atoms with van der Waals surface area (Å²) in [6, 6.07) is 7.01. The van der Waals surface area contributed by atoms with Gasteiger partial charge < -0.3 is 11.1 Å². The molecule has 14 heavy (non-hydrogen) atoms. The fourth-order valence-electron chi connectivity index (χ4n) is 1.03. The van der Waals surface area contributed by atoms with Crippen molar-refractivity contribution in [1.29, 1.82) is 0 Å². The summed E-state index contributed by atoms with van der Waals surface area (Å²) in [5, 5.41) is 3.23. The second-order valence-corrected chi connectivity index (χ2v) is 3.27. The van der Waals surface area contributed by atoms with E-state index in [0.29, 0.717) is 6.54 Å². The molecule has 0 aliphatic rings. The van der Waals surface area contributed by atoms with E-state index in [0.717, 1.165) is 17.0 Å². The standard InChI is InChI=1S/C10H12ClN2O/c11-9-5-3-8(4-6-9)2-1-7-13-10(12)14/h2-6H,1,7H2,(H3,12,13,14). The Bertz CT molecular complexity index is 297. The number of urea groups is 1. The van der Waals surface area contributed by atoms with E-state index in [1.54, 1.807) is 0 Å². The van der Waals surface area contributed by atoms with Gasteiger partial charge in [0.25, 0.3) is 0 Å². The van der Waals surface area contributed by atoms with Crippen LogP contribution in [0.3, 0.4) is 0 Å². The molecule has 2 amide bonds. The highest BCUT2D eigenvalue weighted by Crippen LogP contribution is 2.11. The lowest BCUT2D eigenvalue weighted by atomic mass is 10.1. The Kier molecular flexibility index (Phi) is 4.26. The van der Waals surface area contributed by atoms with Gasteiger partial charge in [-0.3, -0.25) is 0 Å². The van der Waals surface area contributed by atoms with Crippen LogP contribution in [0.15, 0.2) is 24.3 Å². The minimum Gasteiger partial charge on any atom is -0.352 e. The van der Waals surface area contributed by atoms with Crippen molar-refractivity contribution in [2.75, 3.05) is 6.54 Å². The molecule has 0 bridgehead atoms. The molecular weight excluding hydrogens is 200 g/mol. The van der Waals surface area contributed by atoms with Gasteiger partial charge in [0.1, 0.15) is 0 Å². The van der Waals surface area contributed by atoms with Crippen molar-refractivity contribution in [2.45, 2.75) is 6.42 Å². The molecule has 1 radical (unpaired) electrons. The summed E-state index contributed by atoms with van der Waals surface area (Å²) < 4.78 is 0. The van der Waals surface area contributed by atoms with Gasteiger partial charge in [0.05, 0.1) is 0 Å². The summed E-state index contributed by atoms with van der Waals surface area (Å²) in [5.74, 6) is 0. The zero-order valence-corrected chi connectivity index (χ0v) is 8.42. The van der Waals surface area contributed by atoms with Crippen LogP contribution in [-0.4, -0.2) is 12.6 Å². The van der Waals surface area contributed by atoms with Crippen molar-refractivity contribution in [3.05, 3.63) is 41.3 Å². The summed E-state index contributed by atoms with van der Waals surface area (Å²) in [6.45, 7) is 0.554. The average molecular weight is 212 g/mol. The number of primary amides is 1. The highest BCUT2D eigenvalue weighted by Gasteiger charge is 1.95. The first kappa shape index (κ1) is 10.9. The van der Waals surface area contributed by atoms with Gasteiger partial charge in [-0.05, 0) is 30.5 Å². The normalized spacial score (nSPS) is 9.79. The molecule has 0 saturated carbocycles. The molecule has 0 aliphatic carbocycles. The van der Waals surface area contributed by atoms with Crippen LogP contribution < -0.4 is 11.1 Å². The molecule has 0 unspecified atom stereocenters. The van der Waals surface area contributed by atoms with Gasteiger partial charge >= 0.3 is 6.03 Å². The van der Waals surface area contributed by atoms with Gasteiger partial charge in [0.15, 0.2) is 0 Å². The minimum absolute atomic E-state index is 0.491. The van der Waals surface area contributed by atoms with E-state index in [1.807, 2.05) is 30.7 Å². The molecule has 0 atom stereocenters. The topological polar surface area (TPSA) is 55.1 Å². The van der Waals surface area contributed by atoms with E-state index < -0.39 is 6.03 Å². The highest BCUT2D eigenvalue weighted by atomic mass is 35.5. The third kappa shape index (κ3) is 4.14.